The Morgan fingerprint density at radius 1 is 1.00 bits per heavy atom. The monoisotopic (exact) mass is 585 g/mol. The number of nitrogens with zero attached hydrogens (tertiary/aromatic N) is 2. The fourth-order valence-electron chi connectivity index (χ4n) is 4.40. The van der Waals surface area contributed by atoms with Crippen molar-refractivity contribution >= 4 is 39.1 Å². The van der Waals surface area contributed by atoms with E-state index in [1.54, 1.807) is 68.6 Å². The number of ether oxygens (including phenoxy) is 1. The highest BCUT2D eigenvalue weighted by molar-refractivity contribution is 7.92. The first kappa shape index (κ1) is 31.0. The van der Waals surface area contributed by atoms with Crippen molar-refractivity contribution in [1.29, 1.82) is 0 Å². The lowest BCUT2D eigenvalue weighted by Gasteiger charge is -2.34. The minimum Gasteiger partial charge on any atom is -0.497 e. The highest BCUT2D eigenvalue weighted by Crippen LogP contribution is 2.29. The molecule has 0 aliphatic heterocycles. The van der Waals surface area contributed by atoms with Crippen molar-refractivity contribution < 1.29 is 22.7 Å². The molecular formula is C30H36ClN3O5S. The molecule has 1 N–H and O–H groups in total. The molecule has 0 unspecified atom stereocenters. The van der Waals surface area contributed by atoms with E-state index < -0.39 is 28.5 Å². The number of hydrogen-bond acceptors (Lipinski definition) is 5. The number of carbonyl (C=O) groups excluding carboxylic acids is 2. The van der Waals surface area contributed by atoms with E-state index in [9.17, 15) is 18.0 Å². The molecule has 3 aromatic rings. The average molecular weight is 586 g/mol. The number of benzene rings is 3. The fraction of sp³-hybridized carbons (Fsp3) is 0.333. The van der Waals surface area contributed by atoms with Gasteiger partial charge < -0.3 is 15.0 Å². The summed E-state index contributed by atoms with van der Waals surface area (Å²) in [6.07, 6.45) is 0.333. The zero-order valence-electron chi connectivity index (χ0n) is 23.4. The van der Waals surface area contributed by atoms with E-state index in [1.165, 1.54) is 17.0 Å². The number of carbonyl (C=O) groups is 2. The van der Waals surface area contributed by atoms with Gasteiger partial charge in [0.15, 0.2) is 0 Å². The summed E-state index contributed by atoms with van der Waals surface area (Å²) in [5, 5.41) is 3.33. The van der Waals surface area contributed by atoms with E-state index in [1.807, 2.05) is 26.8 Å². The van der Waals surface area contributed by atoms with Crippen molar-refractivity contribution in [3.63, 3.8) is 0 Å². The third-order valence-corrected chi connectivity index (χ3v) is 8.35. The van der Waals surface area contributed by atoms with Gasteiger partial charge in [-0.3, -0.25) is 13.9 Å². The Balaban J connectivity index is 2.09. The van der Waals surface area contributed by atoms with Crippen LogP contribution in [0.5, 0.6) is 5.75 Å². The topological polar surface area (TPSA) is 96.0 Å². The van der Waals surface area contributed by atoms with E-state index in [0.717, 1.165) is 9.87 Å². The number of amides is 2. The molecule has 0 fully saturated rings. The predicted molar refractivity (Wildman–Crippen MR) is 158 cm³/mol. The summed E-state index contributed by atoms with van der Waals surface area (Å²) in [6, 6.07) is 19.0. The Labute approximate surface area is 241 Å². The zero-order chi connectivity index (χ0) is 29.4. The maximum atomic E-state index is 14.1. The predicted octanol–water partition coefficient (Wildman–Crippen LogP) is 5.18. The van der Waals surface area contributed by atoms with Crippen LogP contribution in [0, 0.1) is 6.92 Å². The second-order valence-corrected chi connectivity index (χ2v) is 12.0. The normalized spacial score (nSPS) is 12.1. The van der Waals surface area contributed by atoms with Crippen molar-refractivity contribution in [2.75, 3.05) is 18.0 Å². The Hall–Kier alpha value is -3.56. The molecule has 0 aliphatic carbocycles. The summed E-state index contributed by atoms with van der Waals surface area (Å²) < 4.78 is 34.3. The first-order valence-electron chi connectivity index (χ1n) is 13.0. The van der Waals surface area contributed by atoms with Crippen LogP contribution in [0.2, 0.25) is 5.02 Å². The second-order valence-electron chi connectivity index (χ2n) is 9.72. The van der Waals surface area contributed by atoms with Crippen LogP contribution >= 0.6 is 11.6 Å². The van der Waals surface area contributed by atoms with E-state index in [2.05, 4.69) is 5.32 Å². The SMILES string of the molecule is CC[C@H](C(=O)NC(C)C)N(Cc1cccc(OC)c1)C(=O)CN(c1ccc(Cl)cc1C)S(=O)(=O)c1ccccc1. The lowest BCUT2D eigenvalue weighted by Crippen LogP contribution is -2.53. The van der Waals surface area contributed by atoms with Gasteiger partial charge in [-0.2, -0.15) is 0 Å². The molecule has 2 amide bonds. The van der Waals surface area contributed by atoms with Gasteiger partial charge in [0, 0.05) is 17.6 Å². The van der Waals surface area contributed by atoms with Crippen molar-refractivity contribution in [3.05, 3.63) is 88.9 Å². The molecule has 0 spiro atoms. The number of halogens is 1. The Bertz CT molecular complexity index is 1430. The highest BCUT2D eigenvalue weighted by atomic mass is 35.5. The average Bonchev–Trinajstić information content (AvgIpc) is 2.92. The van der Waals surface area contributed by atoms with Crippen molar-refractivity contribution in [2.45, 2.75) is 57.6 Å². The molecule has 0 radical (unpaired) electrons. The van der Waals surface area contributed by atoms with Gasteiger partial charge in [0.1, 0.15) is 18.3 Å². The van der Waals surface area contributed by atoms with Crippen LogP contribution in [-0.2, 0) is 26.2 Å². The summed E-state index contributed by atoms with van der Waals surface area (Å²) in [4.78, 5) is 28.8. The number of nitrogens with one attached hydrogen (secondary N) is 1. The van der Waals surface area contributed by atoms with Crippen LogP contribution in [-0.4, -0.2) is 50.9 Å². The van der Waals surface area contributed by atoms with Crippen LogP contribution in [0.15, 0.2) is 77.7 Å². The third kappa shape index (κ3) is 7.55. The molecule has 10 heteroatoms. The van der Waals surface area contributed by atoms with Gasteiger partial charge in [-0.25, -0.2) is 8.42 Å². The van der Waals surface area contributed by atoms with E-state index >= 15 is 0 Å². The van der Waals surface area contributed by atoms with Gasteiger partial charge in [-0.15, -0.1) is 0 Å². The lowest BCUT2D eigenvalue weighted by atomic mass is 10.1. The second kappa shape index (κ2) is 13.7. The largest absolute Gasteiger partial charge is 0.497 e. The van der Waals surface area contributed by atoms with Crippen LogP contribution in [0.3, 0.4) is 0 Å². The van der Waals surface area contributed by atoms with Crippen molar-refractivity contribution in [3.8, 4) is 5.75 Å². The first-order chi connectivity index (χ1) is 19.0. The van der Waals surface area contributed by atoms with Crippen molar-refractivity contribution in [1.82, 2.24) is 10.2 Å². The molecule has 214 valence electrons. The summed E-state index contributed by atoms with van der Waals surface area (Å²) >= 11 is 6.16. The molecule has 0 aromatic heterocycles. The number of anilines is 1. The molecule has 3 rings (SSSR count). The summed E-state index contributed by atoms with van der Waals surface area (Å²) in [6.45, 7) is 6.80. The Morgan fingerprint density at radius 3 is 2.30 bits per heavy atom. The van der Waals surface area contributed by atoms with Gasteiger partial charge in [-0.05, 0) is 80.8 Å². The smallest absolute Gasteiger partial charge is 0.264 e. The lowest BCUT2D eigenvalue weighted by molar-refractivity contribution is -0.140. The van der Waals surface area contributed by atoms with E-state index in [4.69, 9.17) is 16.3 Å². The summed E-state index contributed by atoms with van der Waals surface area (Å²) in [5.41, 5.74) is 1.65. The van der Waals surface area contributed by atoms with Crippen LogP contribution < -0.4 is 14.4 Å². The van der Waals surface area contributed by atoms with Crippen LogP contribution in [0.4, 0.5) is 5.69 Å². The zero-order valence-corrected chi connectivity index (χ0v) is 25.0. The van der Waals surface area contributed by atoms with Gasteiger partial charge in [0.05, 0.1) is 17.7 Å². The Morgan fingerprint density at radius 2 is 1.70 bits per heavy atom. The molecule has 1 atom stereocenters. The molecule has 0 saturated carbocycles. The molecular weight excluding hydrogens is 550 g/mol. The number of hydrogen-bond donors (Lipinski definition) is 1. The summed E-state index contributed by atoms with van der Waals surface area (Å²) in [7, 11) is -2.60. The first-order valence-corrected chi connectivity index (χ1v) is 14.9. The summed E-state index contributed by atoms with van der Waals surface area (Å²) in [5.74, 6) is -0.231. The van der Waals surface area contributed by atoms with E-state index in [-0.39, 0.29) is 23.4 Å². The molecule has 0 aliphatic rings. The molecule has 0 bridgehead atoms. The molecule has 40 heavy (non-hydrogen) atoms. The highest BCUT2D eigenvalue weighted by Gasteiger charge is 2.34. The van der Waals surface area contributed by atoms with Gasteiger partial charge in [-0.1, -0.05) is 48.9 Å². The Kier molecular flexibility index (Phi) is 10.6. The minimum atomic E-state index is -4.15. The number of aryl methyl sites for hydroxylation is 1. The van der Waals surface area contributed by atoms with Gasteiger partial charge in [0.25, 0.3) is 10.0 Å². The van der Waals surface area contributed by atoms with Gasteiger partial charge >= 0.3 is 0 Å². The maximum Gasteiger partial charge on any atom is 0.264 e. The molecule has 0 heterocycles. The minimum absolute atomic E-state index is 0.0427. The fourth-order valence-corrected chi connectivity index (χ4v) is 6.13. The number of rotatable bonds is 12. The van der Waals surface area contributed by atoms with Crippen LogP contribution in [0.25, 0.3) is 0 Å². The maximum absolute atomic E-state index is 14.1. The van der Waals surface area contributed by atoms with Crippen LogP contribution in [0.1, 0.15) is 38.3 Å². The standard InChI is InChI=1S/C30H36ClN3O5S/c1-6-27(30(36)32-21(2)3)33(19-23-11-10-12-25(18-23)39-5)29(35)20-34(28-16-15-24(31)17-22(28)4)40(37,38)26-13-8-7-9-14-26/h7-18,21,27H,6,19-20H2,1-5H3,(H,32,36)/t27-/m1/s1. The molecule has 0 saturated heterocycles. The quantitative estimate of drug-likeness (QED) is 0.316. The molecule has 3 aromatic carbocycles. The number of sulfonamides is 1. The molecule has 8 nitrogen and oxygen atoms in total. The van der Waals surface area contributed by atoms with E-state index in [0.29, 0.717) is 28.4 Å². The van der Waals surface area contributed by atoms with Gasteiger partial charge in [0.2, 0.25) is 11.8 Å². The third-order valence-electron chi connectivity index (χ3n) is 6.34. The van der Waals surface area contributed by atoms with Crippen molar-refractivity contribution in [2.24, 2.45) is 0 Å². The number of methoxy groups -OCH3 is 1.